The molecule has 6 heteroatoms. The summed E-state index contributed by atoms with van der Waals surface area (Å²) in [7, 11) is 0. The minimum Gasteiger partial charge on any atom is -0.350 e. The molecule has 0 aromatic carbocycles. The Morgan fingerprint density at radius 1 is 1.24 bits per heavy atom. The molecule has 1 saturated heterocycles. The fourth-order valence-electron chi connectivity index (χ4n) is 3.05. The maximum absolute atomic E-state index is 12.1. The van der Waals surface area contributed by atoms with Gasteiger partial charge in [0.1, 0.15) is 5.69 Å². The Morgan fingerprint density at radius 2 is 2.12 bits per heavy atom. The van der Waals surface area contributed by atoms with Gasteiger partial charge in [0.15, 0.2) is 0 Å². The van der Waals surface area contributed by atoms with Crippen LogP contribution in [0.15, 0.2) is 30.7 Å². The molecule has 3 heterocycles. The van der Waals surface area contributed by atoms with Crippen LogP contribution in [0, 0.1) is 12.8 Å². The summed E-state index contributed by atoms with van der Waals surface area (Å²) in [6, 6.07) is 4.27. The van der Waals surface area contributed by atoms with Crippen LogP contribution in [0.3, 0.4) is 0 Å². The number of nitrogens with zero attached hydrogens (tertiary/aromatic N) is 4. The van der Waals surface area contributed by atoms with E-state index >= 15 is 0 Å². The molecular weight excluding hydrogens is 314 g/mol. The van der Waals surface area contributed by atoms with Crippen LogP contribution in [-0.4, -0.2) is 45.4 Å². The molecule has 1 aliphatic rings. The van der Waals surface area contributed by atoms with E-state index in [1.165, 1.54) is 11.8 Å². The Kier molecular flexibility index (Phi) is 5.71. The van der Waals surface area contributed by atoms with Crippen LogP contribution in [0.1, 0.15) is 40.8 Å². The number of hydrogen-bond donors (Lipinski definition) is 1. The van der Waals surface area contributed by atoms with Crippen LogP contribution in [0.2, 0.25) is 0 Å². The summed E-state index contributed by atoms with van der Waals surface area (Å²) in [4.78, 5) is 27.3. The molecule has 1 amide bonds. The molecule has 0 saturated carbocycles. The molecule has 1 fully saturated rings. The minimum absolute atomic E-state index is 0.150. The molecule has 6 nitrogen and oxygen atoms in total. The first-order valence-electron chi connectivity index (χ1n) is 8.87. The summed E-state index contributed by atoms with van der Waals surface area (Å²) in [5.74, 6) is 0.319. The van der Waals surface area contributed by atoms with E-state index in [1.54, 1.807) is 6.20 Å². The van der Waals surface area contributed by atoms with Crippen molar-refractivity contribution in [2.75, 3.05) is 19.6 Å². The van der Waals surface area contributed by atoms with Crippen molar-refractivity contribution in [3.63, 3.8) is 0 Å². The number of hydrogen-bond acceptors (Lipinski definition) is 5. The summed E-state index contributed by atoms with van der Waals surface area (Å²) < 4.78 is 0. The third-order valence-corrected chi connectivity index (χ3v) is 4.61. The highest BCUT2D eigenvalue weighted by molar-refractivity contribution is 5.91. The zero-order chi connectivity index (χ0) is 17.6. The van der Waals surface area contributed by atoms with Crippen LogP contribution < -0.4 is 5.32 Å². The molecule has 25 heavy (non-hydrogen) atoms. The Balaban J connectivity index is 1.44. The first kappa shape index (κ1) is 17.5. The Labute approximate surface area is 148 Å². The molecule has 0 unspecified atom stereocenters. The molecule has 1 atom stereocenters. The fourth-order valence-corrected chi connectivity index (χ4v) is 3.05. The van der Waals surface area contributed by atoms with Crippen molar-refractivity contribution in [1.29, 1.82) is 0 Å². The molecule has 0 aliphatic carbocycles. The first-order chi connectivity index (χ1) is 12.1. The van der Waals surface area contributed by atoms with E-state index in [1.807, 2.05) is 13.1 Å². The van der Waals surface area contributed by atoms with E-state index < -0.39 is 0 Å². The van der Waals surface area contributed by atoms with E-state index in [4.69, 9.17) is 0 Å². The predicted molar refractivity (Wildman–Crippen MR) is 96.1 cm³/mol. The molecule has 2 aromatic heterocycles. The molecule has 1 aliphatic heterocycles. The summed E-state index contributed by atoms with van der Waals surface area (Å²) in [5, 5.41) is 2.98. The molecular formula is C19H25N5O. The molecule has 1 N–H and O–H groups in total. The lowest BCUT2D eigenvalue weighted by Gasteiger charge is -2.16. The highest BCUT2D eigenvalue weighted by Crippen LogP contribution is 2.17. The largest absolute Gasteiger partial charge is 0.350 e. The lowest BCUT2D eigenvalue weighted by atomic mass is 10.1. The standard InChI is InChI=1S/C19H25N5O/c1-3-15-4-5-17(21-9-15)13-24-7-6-16(12-24)10-23-19(25)18-11-20-14(2)8-22-18/h4-5,8-9,11,16H,3,6-7,10,12-13H2,1-2H3,(H,23,25)/t16-/m1/s1. The zero-order valence-corrected chi connectivity index (χ0v) is 14.9. The summed E-state index contributed by atoms with van der Waals surface area (Å²) in [5.41, 5.74) is 3.56. The van der Waals surface area contributed by atoms with Gasteiger partial charge in [-0.2, -0.15) is 0 Å². The topological polar surface area (TPSA) is 71.0 Å². The van der Waals surface area contributed by atoms with Crippen molar-refractivity contribution in [1.82, 2.24) is 25.2 Å². The second-order valence-electron chi connectivity index (χ2n) is 6.65. The zero-order valence-electron chi connectivity index (χ0n) is 14.9. The Hall–Kier alpha value is -2.34. The monoisotopic (exact) mass is 339 g/mol. The number of nitrogens with one attached hydrogen (secondary N) is 1. The van der Waals surface area contributed by atoms with Gasteiger partial charge in [0.25, 0.3) is 5.91 Å². The first-order valence-corrected chi connectivity index (χ1v) is 8.87. The molecule has 132 valence electrons. The van der Waals surface area contributed by atoms with Crippen molar-refractivity contribution >= 4 is 5.91 Å². The number of aryl methyl sites for hydroxylation is 2. The van der Waals surface area contributed by atoms with Crippen LogP contribution >= 0.6 is 0 Å². The van der Waals surface area contributed by atoms with Gasteiger partial charge >= 0.3 is 0 Å². The molecule has 0 bridgehead atoms. The third-order valence-electron chi connectivity index (χ3n) is 4.61. The van der Waals surface area contributed by atoms with E-state index in [0.717, 1.165) is 43.9 Å². The van der Waals surface area contributed by atoms with Crippen molar-refractivity contribution < 1.29 is 4.79 Å². The van der Waals surface area contributed by atoms with E-state index in [0.29, 0.717) is 18.2 Å². The van der Waals surface area contributed by atoms with Gasteiger partial charge in [0.05, 0.1) is 17.6 Å². The minimum atomic E-state index is -0.150. The second-order valence-corrected chi connectivity index (χ2v) is 6.65. The Bertz CT molecular complexity index is 699. The predicted octanol–water partition coefficient (Wildman–Crippen LogP) is 1.99. The van der Waals surface area contributed by atoms with E-state index in [2.05, 4.69) is 44.2 Å². The van der Waals surface area contributed by atoms with Gasteiger partial charge in [-0.1, -0.05) is 13.0 Å². The number of carbonyl (C=O) groups is 1. The average Bonchev–Trinajstić information content (AvgIpc) is 3.08. The lowest BCUT2D eigenvalue weighted by Crippen LogP contribution is -2.31. The number of amides is 1. The lowest BCUT2D eigenvalue weighted by molar-refractivity contribution is 0.0942. The van der Waals surface area contributed by atoms with Gasteiger partial charge in [-0.3, -0.25) is 19.7 Å². The molecule has 2 aromatic rings. The van der Waals surface area contributed by atoms with E-state index in [9.17, 15) is 4.79 Å². The number of carbonyl (C=O) groups excluding carboxylic acids is 1. The van der Waals surface area contributed by atoms with Crippen LogP contribution in [0.5, 0.6) is 0 Å². The van der Waals surface area contributed by atoms with Crippen LogP contribution in [0.4, 0.5) is 0 Å². The summed E-state index contributed by atoms with van der Waals surface area (Å²) >= 11 is 0. The Morgan fingerprint density at radius 3 is 2.80 bits per heavy atom. The number of pyridine rings is 1. The van der Waals surface area contributed by atoms with Gasteiger partial charge in [-0.05, 0) is 43.9 Å². The SMILES string of the molecule is CCc1ccc(CN2CC[C@H](CNC(=O)c3cnc(C)cn3)C2)nc1. The van der Waals surface area contributed by atoms with E-state index in [-0.39, 0.29) is 5.91 Å². The third kappa shape index (κ3) is 4.82. The maximum Gasteiger partial charge on any atom is 0.271 e. The fraction of sp³-hybridized carbons (Fsp3) is 0.474. The maximum atomic E-state index is 12.1. The van der Waals surface area contributed by atoms with Gasteiger partial charge in [-0.15, -0.1) is 0 Å². The van der Waals surface area contributed by atoms with Crippen LogP contribution in [0.25, 0.3) is 0 Å². The van der Waals surface area contributed by atoms with Crippen molar-refractivity contribution in [3.05, 3.63) is 53.4 Å². The quantitative estimate of drug-likeness (QED) is 0.871. The number of rotatable bonds is 6. The second kappa shape index (κ2) is 8.16. The molecule has 0 spiro atoms. The normalized spacial score (nSPS) is 17.6. The molecule has 0 radical (unpaired) electrons. The average molecular weight is 339 g/mol. The number of aromatic nitrogens is 3. The van der Waals surface area contributed by atoms with Gasteiger partial charge in [0.2, 0.25) is 0 Å². The van der Waals surface area contributed by atoms with Crippen molar-refractivity contribution in [2.45, 2.75) is 33.2 Å². The highest BCUT2D eigenvalue weighted by Gasteiger charge is 2.23. The van der Waals surface area contributed by atoms with Crippen LogP contribution in [-0.2, 0) is 13.0 Å². The smallest absolute Gasteiger partial charge is 0.271 e. The number of likely N-dealkylation sites (tertiary alicyclic amines) is 1. The van der Waals surface area contributed by atoms with Gasteiger partial charge in [0, 0.05) is 32.0 Å². The van der Waals surface area contributed by atoms with Gasteiger partial charge in [-0.25, -0.2) is 4.98 Å². The van der Waals surface area contributed by atoms with Crippen molar-refractivity contribution in [3.8, 4) is 0 Å². The summed E-state index contributed by atoms with van der Waals surface area (Å²) in [6.07, 6.45) is 7.21. The van der Waals surface area contributed by atoms with Crippen molar-refractivity contribution in [2.24, 2.45) is 5.92 Å². The molecule has 3 rings (SSSR count). The van der Waals surface area contributed by atoms with Gasteiger partial charge < -0.3 is 5.32 Å². The summed E-state index contributed by atoms with van der Waals surface area (Å²) in [6.45, 7) is 7.56. The highest BCUT2D eigenvalue weighted by atomic mass is 16.1.